The molecule has 3 rings (SSSR count). The molecule has 2 aliphatic heterocycles. The largest absolute Gasteiger partial charge is 0.490 e. The Balaban J connectivity index is 1.98. The van der Waals surface area contributed by atoms with Gasteiger partial charge in [0.2, 0.25) is 0 Å². The number of imide groups is 1. The summed E-state index contributed by atoms with van der Waals surface area (Å²) in [4.78, 5) is 27.1. The van der Waals surface area contributed by atoms with Crippen molar-refractivity contribution >= 4 is 27.7 Å². The Kier molecular flexibility index (Phi) is 7.82. The maximum absolute atomic E-state index is 13.3. The number of amides is 2. The summed E-state index contributed by atoms with van der Waals surface area (Å²) in [5.41, 5.74) is 0.919. The van der Waals surface area contributed by atoms with E-state index in [1.165, 1.54) is 0 Å². The molecule has 34 heavy (non-hydrogen) atoms. The van der Waals surface area contributed by atoms with Crippen molar-refractivity contribution in [2.45, 2.75) is 46.6 Å². The molecule has 0 aliphatic carbocycles. The zero-order valence-corrected chi connectivity index (χ0v) is 20.8. The van der Waals surface area contributed by atoms with Crippen molar-refractivity contribution in [3.05, 3.63) is 40.5 Å². The lowest BCUT2D eigenvalue weighted by molar-refractivity contribution is -0.142. The van der Waals surface area contributed by atoms with Gasteiger partial charge in [-0.25, -0.2) is 8.42 Å². The number of ether oxygens (including phenoxy) is 2. The summed E-state index contributed by atoms with van der Waals surface area (Å²) in [6.45, 7) is 8.61. The van der Waals surface area contributed by atoms with Crippen LogP contribution in [0.1, 0.15) is 46.1 Å². The van der Waals surface area contributed by atoms with Crippen molar-refractivity contribution in [1.82, 2.24) is 4.90 Å². The second-order valence-electron chi connectivity index (χ2n) is 8.88. The summed E-state index contributed by atoms with van der Waals surface area (Å²) < 4.78 is 35.5. The molecule has 1 fully saturated rings. The summed E-state index contributed by atoms with van der Waals surface area (Å²) in [5.74, 6) is -0.0901. The van der Waals surface area contributed by atoms with Crippen LogP contribution in [0.15, 0.2) is 34.9 Å². The SMILES string of the molecule is CCOc1cc(/C=C2\C(=O)N([C@H]3CCS(=O)(=O)C3)C(=O)C(C#N)=C2C)ccc1OCCC(C)C. The van der Waals surface area contributed by atoms with E-state index in [-0.39, 0.29) is 34.6 Å². The Labute approximate surface area is 200 Å². The lowest BCUT2D eigenvalue weighted by atomic mass is 9.92. The molecule has 1 atom stereocenters. The van der Waals surface area contributed by atoms with Crippen molar-refractivity contribution in [3.63, 3.8) is 0 Å². The summed E-state index contributed by atoms with van der Waals surface area (Å²) >= 11 is 0. The maximum Gasteiger partial charge on any atom is 0.271 e. The highest BCUT2D eigenvalue weighted by Crippen LogP contribution is 2.34. The number of carbonyl (C=O) groups is 2. The molecular formula is C25H30N2O6S. The van der Waals surface area contributed by atoms with Gasteiger partial charge in [0.05, 0.1) is 30.8 Å². The van der Waals surface area contributed by atoms with E-state index in [0.29, 0.717) is 36.2 Å². The third kappa shape index (κ3) is 5.50. The normalized spacial score (nSPS) is 21.4. The number of nitrogens with zero attached hydrogens (tertiary/aromatic N) is 2. The number of hydrogen-bond acceptors (Lipinski definition) is 7. The van der Waals surface area contributed by atoms with Gasteiger partial charge in [0, 0.05) is 5.57 Å². The first-order chi connectivity index (χ1) is 16.1. The fourth-order valence-electron chi connectivity index (χ4n) is 3.98. The Bertz CT molecular complexity index is 1190. The molecule has 0 radical (unpaired) electrons. The Hall–Kier alpha value is -3.12. The minimum atomic E-state index is -3.33. The minimum Gasteiger partial charge on any atom is -0.490 e. The van der Waals surface area contributed by atoms with E-state index in [9.17, 15) is 23.3 Å². The van der Waals surface area contributed by atoms with Crippen LogP contribution in [-0.2, 0) is 19.4 Å². The number of rotatable bonds is 8. The molecule has 1 saturated heterocycles. The highest BCUT2D eigenvalue weighted by molar-refractivity contribution is 7.91. The average Bonchev–Trinajstić information content (AvgIpc) is 3.12. The average molecular weight is 487 g/mol. The summed E-state index contributed by atoms with van der Waals surface area (Å²) in [5, 5.41) is 9.59. The number of benzene rings is 1. The van der Waals surface area contributed by atoms with Gasteiger partial charge in [-0.1, -0.05) is 19.9 Å². The molecule has 0 spiro atoms. The van der Waals surface area contributed by atoms with Crippen LogP contribution in [0.5, 0.6) is 11.5 Å². The van der Waals surface area contributed by atoms with Crippen molar-refractivity contribution in [2.24, 2.45) is 5.92 Å². The van der Waals surface area contributed by atoms with Gasteiger partial charge in [-0.3, -0.25) is 14.5 Å². The second kappa shape index (κ2) is 10.4. The molecule has 0 bridgehead atoms. The topological polar surface area (TPSA) is 114 Å². The van der Waals surface area contributed by atoms with Crippen LogP contribution in [0.2, 0.25) is 0 Å². The van der Waals surface area contributed by atoms with E-state index in [1.54, 1.807) is 31.2 Å². The molecule has 0 N–H and O–H groups in total. The Morgan fingerprint density at radius 1 is 1.21 bits per heavy atom. The number of hydrogen-bond donors (Lipinski definition) is 0. The predicted molar refractivity (Wildman–Crippen MR) is 128 cm³/mol. The Morgan fingerprint density at radius 2 is 1.94 bits per heavy atom. The number of carbonyl (C=O) groups excluding carboxylic acids is 2. The maximum atomic E-state index is 13.3. The van der Waals surface area contributed by atoms with E-state index in [1.807, 2.05) is 13.0 Å². The molecule has 9 heteroatoms. The fourth-order valence-corrected chi connectivity index (χ4v) is 5.68. The highest BCUT2D eigenvalue weighted by Gasteiger charge is 2.43. The third-order valence-corrected chi connectivity index (χ3v) is 7.63. The quantitative estimate of drug-likeness (QED) is 0.409. The first-order valence-electron chi connectivity index (χ1n) is 11.4. The highest BCUT2D eigenvalue weighted by atomic mass is 32.2. The van der Waals surface area contributed by atoms with Crippen LogP contribution in [0.3, 0.4) is 0 Å². The summed E-state index contributed by atoms with van der Waals surface area (Å²) in [7, 11) is -3.33. The van der Waals surface area contributed by atoms with Crippen LogP contribution in [0.4, 0.5) is 0 Å². The summed E-state index contributed by atoms with van der Waals surface area (Å²) in [6, 6.07) is 6.39. The van der Waals surface area contributed by atoms with Crippen molar-refractivity contribution in [2.75, 3.05) is 24.7 Å². The van der Waals surface area contributed by atoms with Gasteiger partial charge < -0.3 is 9.47 Å². The van der Waals surface area contributed by atoms with Crippen LogP contribution < -0.4 is 9.47 Å². The molecule has 2 amide bonds. The third-order valence-electron chi connectivity index (χ3n) is 5.88. The number of nitriles is 1. The minimum absolute atomic E-state index is 0.0889. The van der Waals surface area contributed by atoms with Gasteiger partial charge in [0.25, 0.3) is 11.8 Å². The predicted octanol–water partition coefficient (Wildman–Crippen LogP) is 3.29. The molecule has 1 aromatic carbocycles. The lowest BCUT2D eigenvalue weighted by Crippen LogP contribution is -2.49. The van der Waals surface area contributed by atoms with Crippen molar-refractivity contribution < 1.29 is 27.5 Å². The fraction of sp³-hybridized carbons (Fsp3) is 0.480. The van der Waals surface area contributed by atoms with E-state index >= 15 is 0 Å². The first-order valence-corrected chi connectivity index (χ1v) is 13.2. The standard InChI is InChI=1S/C25H30N2O6S/c1-5-32-23-13-18(6-7-22(23)33-10-8-16(2)3)12-20-17(4)21(14-26)25(29)27(24(20)28)19-9-11-34(30,31)15-19/h6-7,12-13,16,19H,5,8-11,15H2,1-4H3/b20-12-/t19-/m0/s1. The zero-order chi connectivity index (χ0) is 25.0. The molecule has 2 heterocycles. The molecule has 1 aromatic rings. The number of sulfone groups is 1. The van der Waals surface area contributed by atoms with Crippen molar-refractivity contribution in [1.29, 1.82) is 5.26 Å². The van der Waals surface area contributed by atoms with Gasteiger partial charge in [-0.2, -0.15) is 5.26 Å². The van der Waals surface area contributed by atoms with Gasteiger partial charge in [-0.15, -0.1) is 0 Å². The molecule has 0 aromatic heterocycles. The molecule has 0 unspecified atom stereocenters. The van der Waals surface area contributed by atoms with Crippen LogP contribution >= 0.6 is 0 Å². The van der Waals surface area contributed by atoms with E-state index in [2.05, 4.69) is 13.8 Å². The smallest absolute Gasteiger partial charge is 0.271 e. The van der Waals surface area contributed by atoms with Crippen LogP contribution in [0, 0.1) is 17.2 Å². The molecule has 0 saturated carbocycles. The molecule has 182 valence electrons. The van der Waals surface area contributed by atoms with Gasteiger partial charge >= 0.3 is 0 Å². The van der Waals surface area contributed by atoms with E-state index in [4.69, 9.17) is 9.47 Å². The lowest BCUT2D eigenvalue weighted by Gasteiger charge is -2.31. The summed E-state index contributed by atoms with van der Waals surface area (Å²) in [6.07, 6.45) is 2.66. The van der Waals surface area contributed by atoms with Gasteiger partial charge in [-0.05, 0) is 62.0 Å². The molecule has 2 aliphatic rings. The van der Waals surface area contributed by atoms with E-state index < -0.39 is 27.7 Å². The van der Waals surface area contributed by atoms with E-state index in [0.717, 1.165) is 11.3 Å². The Morgan fingerprint density at radius 3 is 2.53 bits per heavy atom. The molecular weight excluding hydrogens is 456 g/mol. The van der Waals surface area contributed by atoms with Crippen LogP contribution in [0.25, 0.3) is 6.08 Å². The van der Waals surface area contributed by atoms with Crippen LogP contribution in [-0.4, -0.2) is 55.9 Å². The van der Waals surface area contributed by atoms with Crippen molar-refractivity contribution in [3.8, 4) is 17.6 Å². The first kappa shape index (κ1) is 25.5. The molecule has 8 nitrogen and oxygen atoms in total. The van der Waals surface area contributed by atoms with Gasteiger partial charge in [0.1, 0.15) is 11.6 Å². The van der Waals surface area contributed by atoms with Gasteiger partial charge in [0.15, 0.2) is 21.3 Å². The second-order valence-corrected chi connectivity index (χ2v) is 11.1. The monoisotopic (exact) mass is 486 g/mol. The zero-order valence-electron chi connectivity index (χ0n) is 20.0.